The molecule has 1 heterocycles. The van der Waals surface area contributed by atoms with E-state index >= 15 is 0 Å². The highest BCUT2D eigenvalue weighted by atomic mass is 35.5. The van der Waals surface area contributed by atoms with Crippen LogP contribution in [0.3, 0.4) is 0 Å². The number of pyridine rings is 1. The maximum atomic E-state index is 12.0. The van der Waals surface area contributed by atoms with E-state index in [4.69, 9.17) is 11.6 Å². The molecule has 0 bridgehead atoms. The lowest BCUT2D eigenvalue weighted by molar-refractivity contribution is -0.125. The zero-order chi connectivity index (χ0) is 13.2. The van der Waals surface area contributed by atoms with E-state index in [1.165, 1.54) is 0 Å². The van der Waals surface area contributed by atoms with Crippen molar-refractivity contribution in [1.29, 1.82) is 0 Å². The minimum Gasteiger partial charge on any atom is -0.305 e. The van der Waals surface area contributed by atoms with Crippen LogP contribution in [0.2, 0.25) is 5.02 Å². The zero-order valence-corrected chi connectivity index (χ0v) is 10.0. The van der Waals surface area contributed by atoms with E-state index in [0.717, 1.165) is 5.39 Å². The Morgan fingerprint density at radius 1 is 1.22 bits per heavy atom. The van der Waals surface area contributed by atoms with Gasteiger partial charge >= 0.3 is 6.18 Å². The number of hydrogen-bond acceptors (Lipinski definition) is 2. The summed E-state index contributed by atoms with van der Waals surface area (Å²) >= 11 is 6.00. The van der Waals surface area contributed by atoms with Crippen molar-refractivity contribution < 1.29 is 13.2 Å². The van der Waals surface area contributed by atoms with E-state index in [9.17, 15) is 13.2 Å². The van der Waals surface area contributed by atoms with Crippen molar-refractivity contribution in [1.82, 2.24) is 10.3 Å². The largest absolute Gasteiger partial charge is 0.401 e. The van der Waals surface area contributed by atoms with Crippen LogP contribution in [-0.2, 0) is 6.54 Å². The lowest BCUT2D eigenvalue weighted by Crippen LogP contribution is -2.28. The van der Waals surface area contributed by atoms with Crippen molar-refractivity contribution in [3.63, 3.8) is 0 Å². The molecule has 1 aromatic carbocycles. The Morgan fingerprint density at radius 3 is 2.72 bits per heavy atom. The number of rotatable bonds is 3. The topological polar surface area (TPSA) is 24.9 Å². The van der Waals surface area contributed by atoms with Gasteiger partial charge in [0.25, 0.3) is 0 Å². The van der Waals surface area contributed by atoms with E-state index in [-0.39, 0.29) is 6.54 Å². The summed E-state index contributed by atoms with van der Waals surface area (Å²) in [6.07, 6.45) is -2.62. The average molecular weight is 275 g/mol. The molecular formula is C12H10ClF3N2. The van der Waals surface area contributed by atoms with Crippen LogP contribution in [0.4, 0.5) is 13.2 Å². The molecule has 0 radical (unpaired) electrons. The summed E-state index contributed by atoms with van der Waals surface area (Å²) in [6.45, 7) is -0.922. The van der Waals surface area contributed by atoms with Crippen LogP contribution in [0, 0.1) is 0 Å². The summed E-state index contributed by atoms with van der Waals surface area (Å²) in [5.41, 5.74) is 1.32. The lowest BCUT2D eigenvalue weighted by Gasteiger charge is -2.10. The van der Waals surface area contributed by atoms with Crippen molar-refractivity contribution in [3.05, 3.63) is 41.0 Å². The van der Waals surface area contributed by atoms with Gasteiger partial charge in [0, 0.05) is 23.2 Å². The van der Waals surface area contributed by atoms with E-state index in [1.807, 2.05) is 0 Å². The van der Waals surface area contributed by atoms with Crippen LogP contribution in [0.5, 0.6) is 0 Å². The van der Waals surface area contributed by atoms with E-state index in [1.54, 1.807) is 30.5 Å². The average Bonchev–Trinajstić information content (AvgIpc) is 2.31. The fourth-order valence-electron chi connectivity index (χ4n) is 1.68. The first-order chi connectivity index (χ1) is 8.47. The molecule has 1 N–H and O–H groups in total. The van der Waals surface area contributed by atoms with Gasteiger partial charge < -0.3 is 5.32 Å². The number of hydrogen-bond donors (Lipinski definition) is 1. The van der Waals surface area contributed by atoms with Crippen LogP contribution in [0.25, 0.3) is 10.9 Å². The maximum Gasteiger partial charge on any atom is 0.401 e. The van der Waals surface area contributed by atoms with E-state index in [0.29, 0.717) is 16.1 Å². The highest BCUT2D eigenvalue weighted by Gasteiger charge is 2.26. The minimum absolute atomic E-state index is 0.101. The highest BCUT2D eigenvalue weighted by Crippen LogP contribution is 2.24. The van der Waals surface area contributed by atoms with Gasteiger partial charge in [-0.15, -0.1) is 0 Å². The van der Waals surface area contributed by atoms with Gasteiger partial charge in [0.1, 0.15) is 0 Å². The lowest BCUT2D eigenvalue weighted by atomic mass is 10.1. The molecule has 2 aromatic rings. The molecule has 0 saturated carbocycles. The third-order valence-corrected chi connectivity index (χ3v) is 2.77. The zero-order valence-electron chi connectivity index (χ0n) is 9.26. The molecule has 0 unspecified atom stereocenters. The summed E-state index contributed by atoms with van der Waals surface area (Å²) in [5.74, 6) is 0. The fraction of sp³-hybridized carbons (Fsp3) is 0.250. The predicted octanol–water partition coefficient (Wildman–Crippen LogP) is 3.54. The summed E-state index contributed by atoms with van der Waals surface area (Å²) in [6, 6.07) is 6.87. The summed E-state index contributed by atoms with van der Waals surface area (Å²) in [7, 11) is 0. The Kier molecular flexibility index (Phi) is 3.73. The molecule has 0 aliphatic heterocycles. The van der Waals surface area contributed by atoms with Gasteiger partial charge in [-0.2, -0.15) is 13.2 Å². The quantitative estimate of drug-likeness (QED) is 0.926. The molecule has 0 saturated heterocycles. The number of nitrogens with zero attached hydrogens (tertiary/aromatic N) is 1. The molecular weight excluding hydrogens is 265 g/mol. The number of halogens is 4. The number of fused-ring (bicyclic) bond motifs is 1. The second kappa shape index (κ2) is 5.12. The molecule has 0 aliphatic rings. The molecule has 2 nitrogen and oxygen atoms in total. The Labute approximate surface area is 107 Å². The Hall–Kier alpha value is -1.33. The van der Waals surface area contributed by atoms with Crippen molar-refractivity contribution in [2.24, 2.45) is 0 Å². The van der Waals surface area contributed by atoms with Gasteiger partial charge in [-0.25, -0.2) is 0 Å². The second-order valence-corrected chi connectivity index (χ2v) is 4.23. The highest BCUT2D eigenvalue weighted by molar-refractivity contribution is 6.35. The van der Waals surface area contributed by atoms with Crippen LogP contribution in [0.1, 0.15) is 5.56 Å². The first-order valence-electron chi connectivity index (χ1n) is 5.27. The van der Waals surface area contributed by atoms with Gasteiger partial charge in [0.15, 0.2) is 0 Å². The Balaban J connectivity index is 2.21. The summed E-state index contributed by atoms with van der Waals surface area (Å²) < 4.78 is 36.1. The van der Waals surface area contributed by atoms with Gasteiger partial charge in [0.2, 0.25) is 0 Å². The van der Waals surface area contributed by atoms with E-state index < -0.39 is 12.7 Å². The first-order valence-corrected chi connectivity index (χ1v) is 5.65. The molecule has 2 rings (SSSR count). The smallest absolute Gasteiger partial charge is 0.305 e. The standard InChI is InChI=1S/C12H10ClF3N2/c13-10-4-3-8(6-17-7-12(14,15)16)11-9(10)2-1-5-18-11/h1-5,17H,6-7H2. The van der Waals surface area contributed by atoms with Crippen LogP contribution >= 0.6 is 11.6 Å². The molecule has 96 valence electrons. The van der Waals surface area contributed by atoms with Crippen molar-refractivity contribution in [2.75, 3.05) is 6.54 Å². The number of nitrogens with one attached hydrogen (secondary N) is 1. The van der Waals surface area contributed by atoms with Gasteiger partial charge in [-0.05, 0) is 23.8 Å². The SMILES string of the molecule is FC(F)(F)CNCc1ccc(Cl)c2cccnc12. The maximum absolute atomic E-state index is 12.0. The second-order valence-electron chi connectivity index (χ2n) is 3.82. The van der Waals surface area contributed by atoms with Crippen LogP contribution < -0.4 is 5.32 Å². The van der Waals surface area contributed by atoms with Gasteiger partial charge in [-0.3, -0.25) is 4.98 Å². The van der Waals surface area contributed by atoms with Crippen molar-refractivity contribution in [2.45, 2.75) is 12.7 Å². The third-order valence-electron chi connectivity index (χ3n) is 2.44. The molecule has 0 amide bonds. The molecule has 0 spiro atoms. The third kappa shape index (κ3) is 3.11. The number of aromatic nitrogens is 1. The summed E-state index contributed by atoms with van der Waals surface area (Å²) in [5, 5.41) is 3.63. The normalized spacial score (nSPS) is 12.0. The minimum atomic E-state index is -4.21. The molecule has 1 aromatic heterocycles. The van der Waals surface area contributed by atoms with Crippen LogP contribution in [0.15, 0.2) is 30.5 Å². The molecule has 18 heavy (non-hydrogen) atoms. The molecule has 0 aliphatic carbocycles. The molecule has 6 heteroatoms. The Morgan fingerprint density at radius 2 is 2.00 bits per heavy atom. The van der Waals surface area contributed by atoms with Gasteiger partial charge in [-0.1, -0.05) is 17.7 Å². The summed E-state index contributed by atoms with van der Waals surface area (Å²) in [4.78, 5) is 4.15. The fourth-order valence-corrected chi connectivity index (χ4v) is 1.89. The van der Waals surface area contributed by atoms with Gasteiger partial charge in [0.05, 0.1) is 12.1 Å². The predicted molar refractivity (Wildman–Crippen MR) is 64.5 cm³/mol. The van der Waals surface area contributed by atoms with E-state index in [2.05, 4.69) is 10.3 Å². The molecule has 0 atom stereocenters. The Bertz CT molecular complexity index is 555. The van der Waals surface area contributed by atoms with Crippen molar-refractivity contribution in [3.8, 4) is 0 Å². The monoisotopic (exact) mass is 274 g/mol. The van der Waals surface area contributed by atoms with Crippen LogP contribution in [-0.4, -0.2) is 17.7 Å². The molecule has 0 fully saturated rings. The number of benzene rings is 1. The van der Waals surface area contributed by atoms with Crippen molar-refractivity contribution >= 4 is 22.5 Å². The first kappa shape index (κ1) is 13.1. The number of alkyl halides is 3.